The van der Waals surface area contributed by atoms with Crippen LogP contribution >= 0.6 is 0 Å². The van der Waals surface area contributed by atoms with Crippen molar-refractivity contribution in [1.29, 1.82) is 0 Å². The average molecular weight is 232 g/mol. The zero-order chi connectivity index (χ0) is 12.1. The van der Waals surface area contributed by atoms with Crippen LogP contribution in [0.25, 0.3) is 0 Å². The standard InChI is InChI=1S/C13H13FN2O/c14-12-5-2-6-15-13(12)16-8-10-3-1-4-11(7-10)9-17/h1-7,17H,8-9H2,(H,15,16). The van der Waals surface area contributed by atoms with E-state index in [9.17, 15) is 4.39 Å². The number of rotatable bonds is 4. The fourth-order valence-corrected chi connectivity index (χ4v) is 1.54. The van der Waals surface area contributed by atoms with Crippen molar-refractivity contribution in [2.75, 3.05) is 5.32 Å². The van der Waals surface area contributed by atoms with Crippen LogP contribution in [0.1, 0.15) is 11.1 Å². The van der Waals surface area contributed by atoms with Gasteiger partial charge in [0.15, 0.2) is 11.6 Å². The van der Waals surface area contributed by atoms with Gasteiger partial charge in [0.05, 0.1) is 6.61 Å². The van der Waals surface area contributed by atoms with Crippen molar-refractivity contribution in [1.82, 2.24) is 4.98 Å². The molecule has 0 bridgehead atoms. The lowest BCUT2D eigenvalue weighted by molar-refractivity contribution is 0.281. The molecule has 0 fully saturated rings. The van der Waals surface area contributed by atoms with Gasteiger partial charge in [-0.05, 0) is 23.3 Å². The molecule has 0 amide bonds. The summed E-state index contributed by atoms with van der Waals surface area (Å²) in [5.41, 5.74) is 1.81. The Balaban J connectivity index is 2.05. The summed E-state index contributed by atoms with van der Waals surface area (Å²) < 4.78 is 13.3. The highest BCUT2D eigenvalue weighted by molar-refractivity contribution is 5.37. The lowest BCUT2D eigenvalue weighted by Gasteiger charge is -2.07. The molecule has 2 N–H and O–H groups in total. The number of hydrogen-bond acceptors (Lipinski definition) is 3. The predicted octanol–water partition coefficient (Wildman–Crippen LogP) is 2.33. The smallest absolute Gasteiger partial charge is 0.165 e. The van der Waals surface area contributed by atoms with Crippen molar-refractivity contribution in [2.45, 2.75) is 13.2 Å². The fourth-order valence-electron chi connectivity index (χ4n) is 1.54. The molecular formula is C13H13FN2O. The number of benzene rings is 1. The second-order valence-electron chi connectivity index (χ2n) is 3.67. The molecule has 1 heterocycles. The molecule has 0 unspecified atom stereocenters. The molecule has 17 heavy (non-hydrogen) atoms. The van der Waals surface area contributed by atoms with Crippen molar-refractivity contribution in [2.24, 2.45) is 0 Å². The molecule has 0 atom stereocenters. The number of anilines is 1. The molecule has 0 aliphatic carbocycles. The number of aliphatic hydroxyl groups excluding tert-OH is 1. The van der Waals surface area contributed by atoms with Gasteiger partial charge in [-0.25, -0.2) is 9.37 Å². The van der Waals surface area contributed by atoms with Crippen LogP contribution in [0.2, 0.25) is 0 Å². The topological polar surface area (TPSA) is 45.1 Å². The zero-order valence-corrected chi connectivity index (χ0v) is 9.23. The van der Waals surface area contributed by atoms with Gasteiger partial charge in [0.25, 0.3) is 0 Å². The molecule has 1 aromatic heterocycles. The molecule has 0 saturated carbocycles. The molecule has 0 aliphatic rings. The van der Waals surface area contributed by atoms with E-state index in [0.29, 0.717) is 6.54 Å². The highest BCUT2D eigenvalue weighted by Crippen LogP contribution is 2.11. The maximum absolute atomic E-state index is 13.3. The summed E-state index contributed by atoms with van der Waals surface area (Å²) in [6.07, 6.45) is 1.54. The van der Waals surface area contributed by atoms with Gasteiger partial charge in [-0.1, -0.05) is 24.3 Å². The van der Waals surface area contributed by atoms with E-state index < -0.39 is 0 Å². The van der Waals surface area contributed by atoms with Gasteiger partial charge in [0.1, 0.15) is 0 Å². The van der Waals surface area contributed by atoms with E-state index in [4.69, 9.17) is 5.11 Å². The first kappa shape index (κ1) is 11.5. The number of nitrogens with zero attached hydrogens (tertiary/aromatic N) is 1. The van der Waals surface area contributed by atoms with Crippen LogP contribution in [-0.2, 0) is 13.2 Å². The van der Waals surface area contributed by atoms with Gasteiger partial charge in [0.2, 0.25) is 0 Å². The first-order valence-corrected chi connectivity index (χ1v) is 5.32. The second kappa shape index (κ2) is 5.41. The summed E-state index contributed by atoms with van der Waals surface area (Å²) in [6.45, 7) is 0.480. The van der Waals surface area contributed by atoms with Gasteiger partial charge < -0.3 is 10.4 Å². The number of aliphatic hydroxyl groups is 1. The summed E-state index contributed by atoms with van der Waals surface area (Å²) in [5, 5.41) is 11.9. The number of halogens is 1. The molecule has 0 saturated heterocycles. The van der Waals surface area contributed by atoms with Gasteiger partial charge in [0, 0.05) is 12.7 Å². The predicted molar refractivity (Wildman–Crippen MR) is 63.9 cm³/mol. The molecule has 1 aromatic carbocycles. The summed E-state index contributed by atoms with van der Waals surface area (Å²) in [7, 11) is 0. The van der Waals surface area contributed by atoms with Crippen molar-refractivity contribution >= 4 is 5.82 Å². The maximum atomic E-state index is 13.3. The third-order valence-electron chi connectivity index (χ3n) is 2.39. The summed E-state index contributed by atoms with van der Waals surface area (Å²) in [6, 6.07) is 10.4. The van der Waals surface area contributed by atoms with Crippen molar-refractivity contribution in [3.8, 4) is 0 Å². The van der Waals surface area contributed by atoms with E-state index in [2.05, 4.69) is 10.3 Å². The Morgan fingerprint density at radius 2 is 2.00 bits per heavy atom. The number of aromatic nitrogens is 1. The number of hydrogen-bond donors (Lipinski definition) is 2. The fraction of sp³-hybridized carbons (Fsp3) is 0.154. The second-order valence-corrected chi connectivity index (χ2v) is 3.67. The molecule has 4 heteroatoms. The van der Waals surface area contributed by atoms with Crippen molar-refractivity contribution in [3.05, 3.63) is 59.5 Å². The van der Waals surface area contributed by atoms with E-state index >= 15 is 0 Å². The van der Waals surface area contributed by atoms with Crippen LogP contribution in [0, 0.1) is 5.82 Å². The third kappa shape index (κ3) is 3.01. The molecule has 3 nitrogen and oxygen atoms in total. The minimum atomic E-state index is -0.370. The number of nitrogens with one attached hydrogen (secondary N) is 1. The summed E-state index contributed by atoms with van der Waals surface area (Å²) in [5.74, 6) is -0.132. The molecule has 2 rings (SSSR count). The van der Waals surface area contributed by atoms with Crippen LogP contribution < -0.4 is 5.32 Å². The molecule has 0 radical (unpaired) electrons. The van der Waals surface area contributed by atoms with Crippen LogP contribution in [0.5, 0.6) is 0 Å². The number of pyridine rings is 1. The Bertz CT molecular complexity index is 502. The molecule has 0 aliphatic heterocycles. The van der Waals surface area contributed by atoms with E-state index in [1.165, 1.54) is 12.3 Å². The minimum absolute atomic E-state index is 0.00574. The van der Waals surface area contributed by atoms with Gasteiger partial charge in [-0.3, -0.25) is 0 Å². The quantitative estimate of drug-likeness (QED) is 0.850. The summed E-state index contributed by atoms with van der Waals surface area (Å²) >= 11 is 0. The zero-order valence-electron chi connectivity index (χ0n) is 9.23. The molecular weight excluding hydrogens is 219 g/mol. The maximum Gasteiger partial charge on any atom is 0.165 e. The van der Waals surface area contributed by atoms with Crippen LogP contribution in [0.4, 0.5) is 10.2 Å². The third-order valence-corrected chi connectivity index (χ3v) is 2.39. The van der Waals surface area contributed by atoms with Gasteiger partial charge in [-0.2, -0.15) is 0 Å². The van der Waals surface area contributed by atoms with E-state index in [1.54, 1.807) is 6.07 Å². The molecule has 2 aromatic rings. The Labute approximate surface area is 98.9 Å². The summed E-state index contributed by atoms with van der Waals surface area (Å²) in [4.78, 5) is 3.90. The highest BCUT2D eigenvalue weighted by atomic mass is 19.1. The monoisotopic (exact) mass is 232 g/mol. The first-order valence-electron chi connectivity index (χ1n) is 5.32. The average Bonchev–Trinajstić information content (AvgIpc) is 2.38. The van der Waals surface area contributed by atoms with Crippen LogP contribution in [0.3, 0.4) is 0 Å². The van der Waals surface area contributed by atoms with E-state index in [0.717, 1.165) is 11.1 Å². The molecule has 0 spiro atoms. The van der Waals surface area contributed by atoms with Gasteiger partial charge in [-0.15, -0.1) is 0 Å². The normalized spacial score (nSPS) is 10.2. The van der Waals surface area contributed by atoms with Crippen molar-refractivity contribution in [3.63, 3.8) is 0 Å². The lowest BCUT2D eigenvalue weighted by atomic mass is 10.1. The van der Waals surface area contributed by atoms with E-state index in [1.807, 2.05) is 24.3 Å². The Morgan fingerprint density at radius 3 is 2.76 bits per heavy atom. The lowest BCUT2D eigenvalue weighted by Crippen LogP contribution is -2.03. The van der Waals surface area contributed by atoms with E-state index in [-0.39, 0.29) is 18.2 Å². The Morgan fingerprint density at radius 1 is 1.18 bits per heavy atom. The highest BCUT2D eigenvalue weighted by Gasteiger charge is 2.01. The van der Waals surface area contributed by atoms with Crippen LogP contribution in [-0.4, -0.2) is 10.1 Å². The molecule has 88 valence electrons. The largest absolute Gasteiger partial charge is 0.392 e. The Hall–Kier alpha value is -1.94. The van der Waals surface area contributed by atoms with Gasteiger partial charge >= 0.3 is 0 Å². The minimum Gasteiger partial charge on any atom is -0.392 e. The van der Waals surface area contributed by atoms with Crippen molar-refractivity contribution < 1.29 is 9.50 Å². The first-order chi connectivity index (χ1) is 8.29. The Kier molecular flexibility index (Phi) is 3.67. The SMILES string of the molecule is OCc1cccc(CNc2ncccc2F)c1. The van der Waals surface area contributed by atoms with Crippen LogP contribution in [0.15, 0.2) is 42.6 Å².